The largest absolute Gasteiger partial charge is 0.493 e. The fourth-order valence-electron chi connectivity index (χ4n) is 10.9. The Kier molecular flexibility index (Phi) is 22.3. The summed E-state index contributed by atoms with van der Waals surface area (Å²) in [5, 5.41) is 37.8. The zero-order valence-corrected chi connectivity index (χ0v) is 51.5. The number of aryl methyl sites for hydroxylation is 2. The number of nitrogens with zero attached hydrogens (tertiary/aromatic N) is 6. The highest BCUT2D eigenvalue weighted by Crippen LogP contribution is 2.44. The second kappa shape index (κ2) is 30.3. The Morgan fingerprint density at radius 2 is 1.35 bits per heavy atom. The van der Waals surface area contributed by atoms with Crippen molar-refractivity contribution in [1.29, 1.82) is 10.5 Å². The van der Waals surface area contributed by atoms with Gasteiger partial charge in [0, 0.05) is 73.1 Å². The lowest BCUT2D eigenvalue weighted by Crippen LogP contribution is -2.31. The van der Waals surface area contributed by atoms with Crippen molar-refractivity contribution in [1.82, 2.24) is 19.8 Å². The summed E-state index contributed by atoms with van der Waals surface area (Å²) in [7, 11) is 7.59. The number of methoxy groups -OCH3 is 1. The van der Waals surface area contributed by atoms with Crippen molar-refractivity contribution in [2.24, 2.45) is 11.8 Å². The number of amides is 2. The lowest BCUT2D eigenvalue weighted by atomic mass is 9.84. The van der Waals surface area contributed by atoms with Crippen molar-refractivity contribution in [3.63, 3.8) is 0 Å². The molecule has 1 aliphatic carbocycles. The van der Waals surface area contributed by atoms with Gasteiger partial charge in [-0.15, -0.1) is 0 Å². The Morgan fingerprint density at radius 3 is 2.02 bits per heavy atom. The third-order valence-electron chi connectivity index (χ3n) is 15.8. The third-order valence-corrected chi connectivity index (χ3v) is 15.8. The fraction of sp³-hybridized carbons (Fsp3) is 0.412. The SMILES string of the molecule is CCOc1cc2c(cc1NC(=O)CCCN(C)C)C(Nc1ccc(OCc3ncc(CN(C)CCCC(=O)Nc4cc5c(cc4OCC)/C=C/CCC(C#N)C5Nc4ccc(OCc5ncccc5C)c(C)c4C)cc3C)c(OC)c1)C(C#N)CN2. The number of fused-ring (bicyclic) bond motifs is 2. The first-order valence-corrected chi connectivity index (χ1v) is 29.8. The highest BCUT2D eigenvalue weighted by atomic mass is 16.5. The molecule has 2 amide bonds. The topological polar surface area (TPSA) is 220 Å². The summed E-state index contributed by atoms with van der Waals surface area (Å²) >= 11 is 0. The van der Waals surface area contributed by atoms with Crippen LogP contribution in [0.4, 0.5) is 28.4 Å². The number of nitriles is 2. The van der Waals surface area contributed by atoms with Crippen molar-refractivity contribution in [2.45, 2.75) is 112 Å². The van der Waals surface area contributed by atoms with E-state index in [4.69, 9.17) is 28.7 Å². The highest BCUT2D eigenvalue weighted by molar-refractivity contribution is 5.94. The maximum absolute atomic E-state index is 13.8. The van der Waals surface area contributed by atoms with Gasteiger partial charge in [-0.3, -0.25) is 19.6 Å². The van der Waals surface area contributed by atoms with E-state index in [1.165, 1.54) is 0 Å². The van der Waals surface area contributed by atoms with Gasteiger partial charge >= 0.3 is 0 Å². The van der Waals surface area contributed by atoms with E-state index < -0.39 is 12.0 Å². The molecule has 4 aromatic carbocycles. The first kappa shape index (κ1) is 63.2. The number of pyridine rings is 2. The van der Waals surface area contributed by atoms with Crippen LogP contribution >= 0.6 is 0 Å². The molecular weight excluding hydrogens is 1080 g/mol. The van der Waals surface area contributed by atoms with Gasteiger partial charge < -0.3 is 60.1 Å². The Labute approximate surface area is 507 Å². The summed E-state index contributed by atoms with van der Waals surface area (Å²) in [6.07, 6.45) is 11.2. The van der Waals surface area contributed by atoms with Crippen LogP contribution in [-0.4, -0.2) is 92.7 Å². The predicted molar refractivity (Wildman–Crippen MR) is 339 cm³/mol. The Bertz CT molecular complexity index is 3460. The van der Waals surface area contributed by atoms with Gasteiger partial charge in [0.25, 0.3) is 0 Å². The van der Waals surface area contributed by atoms with Crippen LogP contribution in [0.1, 0.15) is 120 Å². The Morgan fingerprint density at radius 1 is 0.686 bits per heavy atom. The van der Waals surface area contributed by atoms with E-state index in [0.717, 1.165) is 98.1 Å². The molecule has 3 heterocycles. The van der Waals surface area contributed by atoms with E-state index >= 15 is 0 Å². The second-order valence-electron chi connectivity index (χ2n) is 22.4. The highest BCUT2D eigenvalue weighted by Gasteiger charge is 2.33. The van der Waals surface area contributed by atoms with Crippen molar-refractivity contribution < 1.29 is 33.3 Å². The zero-order valence-electron chi connectivity index (χ0n) is 51.5. The van der Waals surface area contributed by atoms with E-state index in [1.807, 2.05) is 134 Å². The molecule has 0 bridgehead atoms. The molecule has 0 saturated heterocycles. The number of anilines is 5. The molecule has 2 aromatic heterocycles. The van der Waals surface area contributed by atoms with Crippen LogP contribution in [0, 0.1) is 62.2 Å². The molecule has 18 nitrogen and oxygen atoms in total. The molecule has 0 fully saturated rings. The maximum Gasteiger partial charge on any atom is 0.224 e. The lowest BCUT2D eigenvalue weighted by Gasteiger charge is -2.33. The van der Waals surface area contributed by atoms with Crippen molar-refractivity contribution >= 4 is 46.3 Å². The quantitative estimate of drug-likeness (QED) is 0.0324. The summed E-state index contributed by atoms with van der Waals surface area (Å²) in [5.41, 5.74) is 13.0. The summed E-state index contributed by atoms with van der Waals surface area (Å²) < 4.78 is 30.5. The van der Waals surface area contributed by atoms with Crippen molar-refractivity contribution in [3.8, 4) is 40.9 Å². The number of rotatable bonds is 27. The number of hydrogen-bond donors (Lipinski definition) is 5. The summed E-state index contributed by atoms with van der Waals surface area (Å²) in [5.74, 6) is 1.94. The molecule has 1 aliphatic heterocycles. The number of ether oxygens (including phenoxy) is 5. The standard InChI is InChI=1S/C68H83N11O7/c1-11-83-62-31-48-19-13-14-20-49(36-69)67(77-54-24-26-60(46(6)45(54)5)85-41-58-43(3)18-15-27-71-58)52(48)33-56(62)75-66(81)22-17-29-79(9)40-47-30-44(4)59(72-38-47)42-86-61-25-23-51(32-64(61)82-10)74-68-50(37-70)39-73-55-35-63(84-12-2)57(34-53(55)68)76-65(80)21-16-28-78(7)8/h13,15,18-19,23-27,30-35,38,49-50,67-68,73-74,77H,11-12,14,16-17,20-22,28-29,39-42H2,1-10H3,(H,75,81)(H,76,80)/b19-13+. The van der Waals surface area contributed by atoms with Gasteiger partial charge in [0.15, 0.2) is 11.5 Å². The molecule has 5 N–H and O–H groups in total. The number of allylic oxidation sites excluding steroid dienone is 1. The monoisotopic (exact) mass is 1170 g/mol. The predicted octanol–water partition coefficient (Wildman–Crippen LogP) is 12.6. The van der Waals surface area contributed by atoms with Crippen LogP contribution in [0.25, 0.3) is 6.08 Å². The van der Waals surface area contributed by atoms with Crippen LogP contribution in [0.15, 0.2) is 91.3 Å². The first-order valence-electron chi connectivity index (χ1n) is 29.8. The average molecular weight is 1170 g/mol. The molecule has 0 spiro atoms. The Hall–Kier alpha value is -8.84. The number of carbonyl (C=O) groups excluding carboxylic acids is 2. The average Bonchev–Trinajstić information content (AvgIpc) is 1.66. The van der Waals surface area contributed by atoms with Gasteiger partial charge in [0.2, 0.25) is 11.8 Å². The van der Waals surface area contributed by atoms with Gasteiger partial charge in [-0.2, -0.15) is 10.5 Å². The summed E-state index contributed by atoms with van der Waals surface area (Å²) in [4.78, 5) is 40.3. The zero-order chi connectivity index (χ0) is 61.3. The van der Waals surface area contributed by atoms with Crippen molar-refractivity contribution in [3.05, 3.63) is 147 Å². The fourth-order valence-corrected chi connectivity index (χ4v) is 10.9. The van der Waals surface area contributed by atoms with Gasteiger partial charge in [0.1, 0.15) is 30.5 Å². The summed E-state index contributed by atoms with van der Waals surface area (Å²) in [6.45, 7) is 15.9. The van der Waals surface area contributed by atoms with Crippen LogP contribution in [0.3, 0.4) is 0 Å². The molecule has 18 heteroatoms. The summed E-state index contributed by atoms with van der Waals surface area (Å²) in [6, 6.07) is 27.6. The van der Waals surface area contributed by atoms with Crippen molar-refractivity contribution in [2.75, 3.05) is 87.7 Å². The molecular formula is C68H83N11O7. The second-order valence-corrected chi connectivity index (χ2v) is 22.4. The van der Waals surface area contributed by atoms with Crippen LogP contribution < -0.4 is 50.3 Å². The number of aromatic nitrogens is 2. The van der Waals surface area contributed by atoms with Crippen LogP contribution in [0.2, 0.25) is 0 Å². The van der Waals surface area contributed by atoms with Gasteiger partial charge in [0.05, 0.1) is 79.1 Å². The minimum absolute atomic E-state index is 0.104. The van der Waals surface area contributed by atoms with Crippen LogP contribution in [0.5, 0.6) is 28.7 Å². The lowest BCUT2D eigenvalue weighted by molar-refractivity contribution is -0.117. The Balaban J connectivity index is 0.865. The first-order chi connectivity index (χ1) is 41.6. The smallest absolute Gasteiger partial charge is 0.224 e. The number of nitrogens with one attached hydrogen (secondary N) is 5. The minimum Gasteiger partial charge on any atom is -0.493 e. The van der Waals surface area contributed by atoms with Crippen LogP contribution in [-0.2, 0) is 29.3 Å². The molecule has 2 aliphatic rings. The van der Waals surface area contributed by atoms with Gasteiger partial charge in [-0.05, 0) is 189 Å². The molecule has 4 unspecified atom stereocenters. The molecule has 6 aromatic rings. The normalized spacial score (nSPS) is 16.4. The minimum atomic E-state index is -0.427. The molecule has 452 valence electrons. The maximum atomic E-state index is 13.8. The van der Waals surface area contributed by atoms with E-state index in [1.54, 1.807) is 13.3 Å². The van der Waals surface area contributed by atoms with E-state index in [0.29, 0.717) is 93.1 Å². The van der Waals surface area contributed by atoms with E-state index in [2.05, 4.69) is 73.7 Å². The molecule has 86 heavy (non-hydrogen) atoms. The van der Waals surface area contributed by atoms with E-state index in [-0.39, 0.29) is 36.8 Å². The molecule has 0 radical (unpaired) electrons. The number of benzene rings is 4. The number of hydrogen-bond acceptors (Lipinski definition) is 16. The van der Waals surface area contributed by atoms with Gasteiger partial charge in [-0.1, -0.05) is 24.3 Å². The third kappa shape index (κ3) is 16.3. The molecule has 8 rings (SSSR count). The van der Waals surface area contributed by atoms with Gasteiger partial charge in [-0.25, -0.2) is 0 Å². The number of carbonyl (C=O) groups is 2. The molecule has 0 saturated carbocycles. The molecule has 4 atom stereocenters. The van der Waals surface area contributed by atoms with E-state index in [9.17, 15) is 20.1 Å².